The maximum atomic E-state index is 13.7. The van der Waals surface area contributed by atoms with Gasteiger partial charge in [-0.15, -0.1) is 11.8 Å². The third-order valence-electron chi connectivity index (χ3n) is 3.20. The Morgan fingerprint density at radius 3 is 2.57 bits per heavy atom. The molecular weight excluding hydrogens is 299 g/mol. The van der Waals surface area contributed by atoms with E-state index in [1.165, 1.54) is 12.1 Å². The molecule has 2 aromatic rings. The van der Waals surface area contributed by atoms with Crippen LogP contribution < -0.4 is 10.5 Å². The lowest BCUT2D eigenvalue weighted by molar-refractivity contribution is 0.259. The standard InChI is InChI=1S/C15H12F3NOS/c16-9-1-2-14-8(3-9)4-11(20-14)7-21-15-12(17)5-10(19)6-13(15)18/h1-3,5-6,11H,4,7,19H2. The molecule has 110 valence electrons. The summed E-state index contributed by atoms with van der Waals surface area (Å²) in [5, 5.41) is 0. The number of hydrogen-bond acceptors (Lipinski definition) is 3. The Kier molecular flexibility index (Phi) is 3.71. The van der Waals surface area contributed by atoms with Gasteiger partial charge in [0.1, 0.15) is 29.3 Å². The van der Waals surface area contributed by atoms with Gasteiger partial charge in [0.2, 0.25) is 0 Å². The van der Waals surface area contributed by atoms with E-state index in [0.29, 0.717) is 17.9 Å². The molecule has 0 amide bonds. The fourth-order valence-electron chi connectivity index (χ4n) is 2.28. The number of hydrogen-bond donors (Lipinski definition) is 1. The summed E-state index contributed by atoms with van der Waals surface area (Å²) in [6.07, 6.45) is 0.293. The summed E-state index contributed by atoms with van der Waals surface area (Å²) in [4.78, 5) is -0.0741. The van der Waals surface area contributed by atoms with Gasteiger partial charge in [-0.05, 0) is 30.3 Å². The topological polar surface area (TPSA) is 35.2 Å². The molecule has 1 aliphatic heterocycles. The zero-order chi connectivity index (χ0) is 15.0. The van der Waals surface area contributed by atoms with E-state index >= 15 is 0 Å². The van der Waals surface area contributed by atoms with E-state index in [0.717, 1.165) is 29.5 Å². The molecule has 1 aliphatic rings. The van der Waals surface area contributed by atoms with Gasteiger partial charge in [-0.1, -0.05) is 0 Å². The summed E-state index contributed by atoms with van der Waals surface area (Å²) < 4.78 is 46.1. The van der Waals surface area contributed by atoms with E-state index in [1.54, 1.807) is 6.07 Å². The van der Waals surface area contributed by atoms with Gasteiger partial charge in [0.25, 0.3) is 0 Å². The van der Waals surface area contributed by atoms with Crippen molar-refractivity contribution in [2.75, 3.05) is 11.5 Å². The van der Waals surface area contributed by atoms with Gasteiger partial charge in [0.15, 0.2) is 0 Å². The molecule has 0 fully saturated rings. The van der Waals surface area contributed by atoms with Crippen molar-refractivity contribution in [3.63, 3.8) is 0 Å². The second-order valence-electron chi connectivity index (χ2n) is 4.82. The van der Waals surface area contributed by atoms with Crippen molar-refractivity contribution in [3.8, 4) is 5.75 Å². The normalized spacial score (nSPS) is 16.6. The molecule has 6 heteroatoms. The first-order chi connectivity index (χ1) is 10.0. The Morgan fingerprint density at radius 1 is 1.14 bits per heavy atom. The largest absolute Gasteiger partial charge is 0.489 e. The Hall–Kier alpha value is -1.82. The Bertz CT molecular complexity index is 670. The maximum absolute atomic E-state index is 13.7. The molecule has 0 aromatic heterocycles. The third-order valence-corrected chi connectivity index (χ3v) is 4.42. The summed E-state index contributed by atoms with van der Waals surface area (Å²) in [5.74, 6) is -0.687. The van der Waals surface area contributed by atoms with Crippen LogP contribution in [0.1, 0.15) is 5.56 Å². The predicted molar refractivity (Wildman–Crippen MR) is 76.0 cm³/mol. The molecule has 2 aromatic carbocycles. The number of nitrogens with two attached hydrogens (primary N) is 1. The minimum Gasteiger partial charge on any atom is -0.489 e. The van der Waals surface area contributed by atoms with Crippen molar-refractivity contribution in [2.24, 2.45) is 0 Å². The van der Waals surface area contributed by atoms with Crippen LogP contribution in [0.4, 0.5) is 18.9 Å². The molecule has 21 heavy (non-hydrogen) atoms. The van der Waals surface area contributed by atoms with E-state index in [9.17, 15) is 13.2 Å². The van der Waals surface area contributed by atoms with Crippen molar-refractivity contribution in [3.05, 3.63) is 53.3 Å². The third kappa shape index (κ3) is 2.95. The first-order valence-corrected chi connectivity index (χ1v) is 7.34. The number of nitrogen functional groups attached to an aromatic ring is 1. The average molecular weight is 311 g/mol. The highest BCUT2D eigenvalue weighted by Gasteiger charge is 2.24. The highest BCUT2D eigenvalue weighted by Crippen LogP contribution is 2.33. The minimum absolute atomic E-state index is 0.0503. The van der Waals surface area contributed by atoms with Crippen molar-refractivity contribution in [1.29, 1.82) is 0 Å². The summed E-state index contributed by atoms with van der Waals surface area (Å²) in [6.45, 7) is 0. The number of benzene rings is 2. The van der Waals surface area contributed by atoms with Crippen LogP contribution in [-0.4, -0.2) is 11.9 Å². The lowest BCUT2D eigenvalue weighted by Crippen LogP contribution is -2.16. The first kappa shape index (κ1) is 14.1. The molecule has 1 atom stereocenters. The quantitative estimate of drug-likeness (QED) is 0.692. The zero-order valence-corrected chi connectivity index (χ0v) is 11.7. The molecule has 2 N–H and O–H groups in total. The molecule has 0 bridgehead atoms. The fourth-order valence-corrected chi connectivity index (χ4v) is 3.21. The Morgan fingerprint density at radius 2 is 1.86 bits per heavy atom. The average Bonchev–Trinajstić information content (AvgIpc) is 2.79. The highest BCUT2D eigenvalue weighted by atomic mass is 32.2. The van der Waals surface area contributed by atoms with E-state index in [-0.39, 0.29) is 22.5 Å². The van der Waals surface area contributed by atoms with Gasteiger partial charge in [-0.2, -0.15) is 0 Å². The number of rotatable bonds is 3. The van der Waals surface area contributed by atoms with Crippen LogP contribution in [-0.2, 0) is 6.42 Å². The van der Waals surface area contributed by atoms with E-state index in [2.05, 4.69) is 0 Å². The van der Waals surface area contributed by atoms with Crippen LogP contribution in [0, 0.1) is 17.5 Å². The van der Waals surface area contributed by atoms with Gasteiger partial charge >= 0.3 is 0 Å². The van der Waals surface area contributed by atoms with Gasteiger partial charge in [-0.25, -0.2) is 13.2 Å². The van der Waals surface area contributed by atoms with Gasteiger partial charge in [0, 0.05) is 23.4 Å². The minimum atomic E-state index is -0.681. The number of fused-ring (bicyclic) bond motifs is 1. The highest BCUT2D eigenvalue weighted by molar-refractivity contribution is 7.99. The van der Waals surface area contributed by atoms with Crippen molar-refractivity contribution < 1.29 is 17.9 Å². The second-order valence-corrected chi connectivity index (χ2v) is 5.85. The van der Waals surface area contributed by atoms with Crippen LogP contribution in [0.3, 0.4) is 0 Å². The van der Waals surface area contributed by atoms with Gasteiger partial charge in [-0.3, -0.25) is 0 Å². The number of thioether (sulfide) groups is 1. The first-order valence-electron chi connectivity index (χ1n) is 6.35. The smallest absolute Gasteiger partial charge is 0.141 e. The number of halogens is 3. The van der Waals surface area contributed by atoms with Gasteiger partial charge < -0.3 is 10.5 Å². The van der Waals surface area contributed by atoms with Crippen LogP contribution in [0.5, 0.6) is 5.75 Å². The van der Waals surface area contributed by atoms with Gasteiger partial charge in [0.05, 0.1) is 4.90 Å². The molecule has 1 unspecified atom stereocenters. The molecule has 0 saturated heterocycles. The molecular formula is C15H12F3NOS. The molecule has 0 aliphatic carbocycles. The van der Waals surface area contributed by atoms with Crippen LogP contribution in [0.2, 0.25) is 0 Å². The molecule has 0 radical (unpaired) electrons. The predicted octanol–water partition coefficient (Wildman–Crippen LogP) is 3.78. The van der Waals surface area contributed by atoms with E-state index in [1.807, 2.05) is 0 Å². The van der Waals surface area contributed by atoms with Crippen LogP contribution in [0.25, 0.3) is 0 Å². The zero-order valence-electron chi connectivity index (χ0n) is 10.9. The molecule has 1 heterocycles. The summed E-state index contributed by atoms with van der Waals surface area (Å²) in [5.41, 5.74) is 6.20. The molecule has 2 nitrogen and oxygen atoms in total. The Balaban J connectivity index is 1.68. The van der Waals surface area contributed by atoms with E-state index in [4.69, 9.17) is 10.5 Å². The van der Waals surface area contributed by atoms with Crippen molar-refractivity contribution >= 4 is 17.4 Å². The maximum Gasteiger partial charge on any atom is 0.141 e. The number of anilines is 1. The summed E-state index contributed by atoms with van der Waals surface area (Å²) in [6, 6.07) is 6.49. The van der Waals surface area contributed by atoms with Crippen molar-refractivity contribution in [1.82, 2.24) is 0 Å². The van der Waals surface area contributed by atoms with Crippen LogP contribution >= 0.6 is 11.8 Å². The molecule has 0 saturated carbocycles. The lowest BCUT2D eigenvalue weighted by Gasteiger charge is -2.11. The number of ether oxygens (including phenoxy) is 1. The molecule has 0 spiro atoms. The SMILES string of the molecule is Nc1cc(F)c(SCC2Cc3cc(F)ccc3O2)c(F)c1. The second kappa shape index (κ2) is 5.52. The van der Waals surface area contributed by atoms with E-state index < -0.39 is 11.6 Å². The lowest BCUT2D eigenvalue weighted by atomic mass is 10.1. The van der Waals surface area contributed by atoms with Crippen LogP contribution in [0.15, 0.2) is 35.2 Å². The van der Waals surface area contributed by atoms with Crippen molar-refractivity contribution in [2.45, 2.75) is 17.4 Å². The summed E-state index contributed by atoms with van der Waals surface area (Å²) >= 11 is 1.03. The summed E-state index contributed by atoms with van der Waals surface area (Å²) in [7, 11) is 0. The fraction of sp³-hybridized carbons (Fsp3) is 0.200. The Labute approximate surface area is 124 Å². The monoisotopic (exact) mass is 311 g/mol. The molecule has 3 rings (SSSR count).